The second-order valence-corrected chi connectivity index (χ2v) is 5.58. The van der Waals surface area contributed by atoms with E-state index in [2.05, 4.69) is 25.7 Å². The average molecular weight is 213 g/mol. The van der Waals surface area contributed by atoms with Crippen molar-refractivity contribution in [2.75, 3.05) is 19.6 Å². The molecule has 1 atom stereocenters. The quantitative estimate of drug-likeness (QED) is 0.652. The van der Waals surface area contributed by atoms with Crippen molar-refractivity contribution in [1.82, 2.24) is 4.90 Å². The highest BCUT2D eigenvalue weighted by Crippen LogP contribution is 2.20. The minimum Gasteiger partial charge on any atom is -0.296 e. The predicted octanol–water partition coefficient (Wildman–Crippen LogP) is 1.43. The molecule has 0 aliphatic carbocycles. The Morgan fingerprint density at radius 1 is 1.47 bits per heavy atom. The maximum atomic E-state index is 11.4. The highest BCUT2D eigenvalue weighted by Gasteiger charge is 2.37. The van der Waals surface area contributed by atoms with Crippen LogP contribution in [0.15, 0.2) is 0 Å². The summed E-state index contributed by atoms with van der Waals surface area (Å²) in [5, 5.41) is 0. The minimum absolute atomic E-state index is 0.134. The maximum Gasteiger partial charge on any atom is 0.430 e. The van der Waals surface area contributed by atoms with Crippen LogP contribution in [0.3, 0.4) is 0 Å². The van der Waals surface area contributed by atoms with Gasteiger partial charge in [-0.3, -0.25) is 4.90 Å². The zero-order valence-corrected chi connectivity index (χ0v) is 10.1. The summed E-state index contributed by atoms with van der Waals surface area (Å²) in [7, 11) is 0. The van der Waals surface area contributed by atoms with Crippen molar-refractivity contribution in [1.29, 1.82) is 0 Å². The van der Waals surface area contributed by atoms with E-state index in [0.717, 1.165) is 26.1 Å². The van der Waals surface area contributed by atoms with Crippen LogP contribution in [0.1, 0.15) is 34.1 Å². The van der Waals surface area contributed by atoms with Crippen LogP contribution in [0.25, 0.3) is 0 Å². The van der Waals surface area contributed by atoms with Crippen LogP contribution < -0.4 is 0 Å². The van der Waals surface area contributed by atoms with Crippen LogP contribution in [-0.4, -0.2) is 41.2 Å². The molecule has 0 saturated carbocycles. The van der Waals surface area contributed by atoms with E-state index in [1.165, 1.54) is 6.92 Å². The van der Waals surface area contributed by atoms with Crippen LogP contribution in [-0.2, 0) is 4.79 Å². The summed E-state index contributed by atoms with van der Waals surface area (Å²) in [6, 6.07) is -0.134. The molecule has 0 aromatic carbocycles. The summed E-state index contributed by atoms with van der Waals surface area (Å²) in [5.41, 5.74) is 0.249. The molecule has 1 rings (SSSR count). The first-order chi connectivity index (χ1) is 6.79. The van der Waals surface area contributed by atoms with Gasteiger partial charge in [0.2, 0.25) is 6.04 Å². The Balaban J connectivity index is 2.46. The zero-order valence-electron chi connectivity index (χ0n) is 10.1. The zero-order chi connectivity index (χ0) is 11.6. The number of carbonyl (C=O) groups is 1. The Labute approximate surface area is 91.2 Å². The number of amides is 1. The van der Waals surface area contributed by atoms with Gasteiger partial charge in [0.15, 0.2) is 0 Å². The number of hydrogen-bond donors (Lipinski definition) is 0. The third-order valence-electron chi connectivity index (χ3n) is 2.59. The van der Waals surface area contributed by atoms with E-state index in [9.17, 15) is 9.70 Å². The molecule has 0 spiro atoms. The highest BCUT2D eigenvalue weighted by atomic mass is 16.3. The number of carbonyl (C=O) groups excluding carboxylic acids is 1. The lowest BCUT2D eigenvalue weighted by Gasteiger charge is -2.25. The van der Waals surface area contributed by atoms with Gasteiger partial charge in [-0.25, -0.2) is 4.79 Å². The van der Waals surface area contributed by atoms with Gasteiger partial charge in [-0.1, -0.05) is 20.8 Å². The lowest BCUT2D eigenvalue weighted by Crippen LogP contribution is -2.35. The van der Waals surface area contributed by atoms with E-state index in [4.69, 9.17) is 0 Å². The number of rotatable bonds is 2. The topological polar surface area (TPSA) is 40.4 Å². The predicted molar refractivity (Wildman–Crippen MR) is 58.6 cm³/mol. The first-order valence-electron chi connectivity index (χ1n) is 5.49. The molecule has 0 bridgehead atoms. The van der Waals surface area contributed by atoms with Gasteiger partial charge in [-0.15, -0.1) is 0 Å². The van der Waals surface area contributed by atoms with Gasteiger partial charge >= 0.3 is 5.91 Å². The van der Waals surface area contributed by atoms with Crippen molar-refractivity contribution < 1.29 is 9.55 Å². The summed E-state index contributed by atoms with van der Waals surface area (Å²) in [4.78, 5) is 24.6. The van der Waals surface area contributed by atoms with Gasteiger partial charge in [-0.05, 0) is 5.41 Å². The van der Waals surface area contributed by atoms with Crippen LogP contribution in [0.2, 0.25) is 0 Å². The molecule has 0 N–H and O–H groups in total. The van der Waals surface area contributed by atoms with Crippen molar-refractivity contribution in [2.24, 2.45) is 5.41 Å². The maximum absolute atomic E-state index is 11.4. The lowest BCUT2D eigenvalue weighted by molar-refractivity contribution is -0.502. The number of hydrogen-bond acceptors (Lipinski definition) is 3. The molecule has 1 saturated heterocycles. The molecule has 1 heterocycles. The number of likely N-dealkylation sites (tertiary alicyclic amines) is 1. The molecule has 0 aromatic rings. The van der Waals surface area contributed by atoms with Gasteiger partial charge < -0.3 is 0 Å². The van der Waals surface area contributed by atoms with Gasteiger partial charge in [-0.2, -0.15) is 0 Å². The van der Waals surface area contributed by atoms with E-state index in [-0.39, 0.29) is 17.4 Å². The largest absolute Gasteiger partial charge is 0.430 e. The molecular formula is C11H21N2O2+. The number of nitroso groups, excluding NO2 is 1. The van der Waals surface area contributed by atoms with Crippen molar-refractivity contribution in [3.8, 4) is 0 Å². The Hall–Kier alpha value is -0.770. The van der Waals surface area contributed by atoms with Gasteiger partial charge in [0.05, 0.1) is 18.2 Å². The SMILES string of the molecule is CC(=O)[N+](=O)[C@H]1CCN(CC(C)(C)C)C1. The number of nitrogens with zero attached hydrogens (tertiary/aromatic N) is 2. The van der Waals surface area contributed by atoms with Crippen molar-refractivity contribution in [3.05, 3.63) is 4.91 Å². The summed E-state index contributed by atoms with van der Waals surface area (Å²) < 4.78 is 0.628. The van der Waals surface area contributed by atoms with Crippen LogP contribution in [0.5, 0.6) is 0 Å². The van der Waals surface area contributed by atoms with Gasteiger partial charge in [0, 0.05) is 24.4 Å². The van der Waals surface area contributed by atoms with E-state index in [1.54, 1.807) is 0 Å². The molecule has 0 unspecified atom stereocenters. The second kappa shape index (κ2) is 4.39. The van der Waals surface area contributed by atoms with E-state index in [1.807, 2.05) is 0 Å². The fourth-order valence-electron chi connectivity index (χ4n) is 2.08. The van der Waals surface area contributed by atoms with E-state index < -0.39 is 0 Å². The van der Waals surface area contributed by atoms with Crippen molar-refractivity contribution in [2.45, 2.75) is 40.2 Å². The van der Waals surface area contributed by atoms with Crippen LogP contribution in [0, 0.1) is 10.3 Å². The molecule has 1 aliphatic rings. The van der Waals surface area contributed by atoms with Crippen LogP contribution >= 0.6 is 0 Å². The lowest BCUT2D eigenvalue weighted by atomic mass is 9.96. The summed E-state index contributed by atoms with van der Waals surface area (Å²) in [6.07, 6.45) is 0.805. The third kappa shape index (κ3) is 3.70. The fraction of sp³-hybridized carbons (Fsp3) is 0.909. The monoisotopic (exact) mass is 213 g/mol. The third-order valence-corrected chi connectivity index (χ3v) is 2.59. The van der Waals surface area contributed by atoms with Crippen LogP contribution in [0.4, 0.5) is 0 Å². The summed E-state index contributed by atoms with van der Waals surface area (Å²) in [6.45, 7) is 10.5. The molecule has 0 radical (unpaired) electrons. The molecule has 1 fully saturated rings. The molecule has 86 valence electrons. The van der Waals surface area contributed by atoms with E-state index in [0.29, 0.717) is 4.76 Å². The standard InChI is InChI=1S/C11H21N2O2/c1-9(14)13(15)10-5-6-12(7-10)8-11(2,3)4/h10H,5-8H2,1-4H3/q+1/t10-/m0/s1. The minimum atomic E-state index is -0.377. The molecule has 1 amide bonds. The Morgan fingerprint density at radius 3 is 2.53 bits per heavy atom. The summed E-state index contributed by atoms with van der Waals surface area (Å²) >= 11 is 0. The smallest absolute Gasteiger partial charge is 0.296 e. The first kappa shape index (κ1) is 12.3. The highest BCUT2D eigenvalue weighted by molar-refractivity contribution is 5.63. The Bertz CT molecular complexity index is 268. The fourth-order valence-corrected chi connectivity index (χ4v) is 2.08. The van der Waals surface area contributed by atoms with Gasteiger partial charge in [0.1, 0.15) is 0 Å². The molecule has 0 aromatic heterocycles. The normalized spacial score (nSPS) is 23.1. The molecular weight excluding hydrogens is 192 g/mol. The van der Waals surface area contributed by atoms with Gasteiger partial charge in [0.25, 0.3) is 0 Å². The first-order valence-corrected chi connectivity index (χ1v) is 5.49. The average Bonchev–Trinajstić information content (AvgIpc) is 2.48. The Morgan fingerprint density at radius 2 is 2.07 bits per heavy atom. The molecule has 4 nitrogen and oxygen atoms in total. The van der Waals surface area contributed by atoms with E-state index >= 15 is 0 Å². The van der Waals surface area contributed by atoms with Crippen molar-refractivity contribution in [3.63, 3.8) is 0 Å². The Kier molecular flexibility index (Phi) is 3.60. The molecule has 1 aliphatic heterocycles. The van der Waals surface area contributed by atoms with Crippen molar-refractivity contribution >= 4 is 5.91 Å². The second-order valence-electron chi connectivity index (χ2n) is 5.58. The molecule has 4 heteroatoms. The summed E-state index contributed by atoms with van der Waals surface area (Å²) in [5.74, 6) is -0.377. The molecule has 15 heavy (non-hydrogen) atoms.